The van der Waals surface area contributed by atoms with Crippen molar-refractivity contribution in [1.82, 2.24) is 4.98 Å². The number of nitrogen functional groups attached to an aromatic ring is 1. The van der Waals surface area contributed by atoms with Crippen LogP contribution < -0.4 is 11.1 Å². The molecule has 0 saturated carbocycles. The van der Waals surface area contributed by atoms with Gasteiger partial charge in [-0.05, 0) is 36.0 Å². The number of anilines is 2. The predicted molar refractivity (Wildman–Crippen MR) is 128 cm³/mol. The molecule has 0 spiro atoms. The first-order chi connectivity index (χ1) is 15.5. The van der Waals surface area contributed by atoms with E-state index in [4.69, 9.17) is 15.2 Å². The average molecular weight is 475 g/mol. The van der Waals surface area contributed by atoms with Gasteiger partial charge in [-0.25, -0.2) is 4.79 Å². The molecule has 1 amide bonds. The summed E-state index contributed by atoms with van der Waals surface area (Å²) in [4.78, 5) is 33.9. The van der Waals surface area contributed by atoms with Crippen molar-refractivity contribution in [3.63, 3.8) is 0 Å². The van der Waals surface area contributed by atoms with Crippen LogP contribution in [0, 0.1) is 0 Å². The van der Waals surface area contributed by atoms with E-state index >= 15 is 0 Å². The summed E-state index contributed by atoms with van der Waals surface area (Å²) in [5.41, 5.74) is 10.8. The number of aromatic nitrogens is 1. The number of hydrogen-bond acceptors (Lipinski definition) is 9. The minimum absolute atomic E-state index is 0.0532. The van der Waals surface area contributed by atoms with Crippen molar-refractivity contribution in [2.24, 2.45) is 4.99 Å². The van der Waals surface area contributed by atoms with Crippen LogP contribution in [-0.2, 0) is 27.1 Å². The largest absolute Gasteiger partial charge is 0.508 e. The van der Waals surface area contributed by atoms with Gasteiger partial charge in [-0.2, -0.15) is 0 Å². The minimum Gasteiger partial charge on any atom is -0.433 e. The second kappa shape index (κ2) is 10.4. The van der Waals surface area contributed by atoms with Crippen molar-refractivity contribution in [1.29, 1.82) is 0 Å². The van der Waals surface area contributed by atoms with E-state index in [0.29, 0.717) is 49.5 Å². The van der Waals surface area contributed by atoms with Gasteiger partial charge in [-0.3, -0.25) is 14.8 Å². The van der Waals surface area contributed by atoms with E-state index in [-0.39, 0.29) is 23.2 Å². The van der Waals surface area contributed by atoms with E-state index in [2.05, 4.69) is 15.3 Å². The highest BCUT2D eigenvalue weighted by Crippen LogP contribution is 2.41. The molecule has 1 aliphatic heterocycles. The Morgan fingerprint density at radius 3 is 3.03 bits per heavy atom. The van der Waals surface area contributed by atoms with Crippen LogP contribution in [0.1, 0.15) is 41.7 Å². The van der Waals surface area contributed by atoms with E-state index in [0.717, 1.165) is 16.0 Å². The third kappa shape index (κ3) is 5.60. The van der Waals surface area contributed by atoms with Gasteiger partial charge in [-0.15, -0.1) is 23.1 Å². The summed E-state index contributed by atoms with van der Waals surface area (Å²) < 4.78 is 10.7. The number of carbonyl (C=O) groups excluding carboxylic acids is 2. The molecule has 2 aromatic heterocycles. The van der Waals surface area contributed by atoms with Gasteiger partial charge in [0.1, 0.15) is 17.7 Å². The zero-order valence-corrected chi connectivity index (χ0v) is 19.4. The Morgan fingerprint density at radius 1 is 1.41 bits per heavy atom. The number of nitrogens with zero attached hydrogens (tertiary/aromatic N) is 2. The van der Waals surface area contributed by atoms with Crippen LogP contribution in [0.25, 0.3) is 0 Å². The molecule has 0 saturated heterocycles. The normalized spacial score (nSPS) is 20.4. The lowest BCUT2D eigenvalue weighted by Crippen LogP contribution is -2.27. The number of thiophene rings is 1. The number of rotatable bonds is 7. The lowest BCUT2D eigenvalue weighted by Gasteiger charge is -2.22. The summed E-state index contributed by atoms with van der Waals surface area (Å²) in [7, 11) is 0. The quantitative estimate of drug-likeness (QED) is 0.582. The second-order valence-corrected chi connectivity index (χ2v) is 10.2. The van der Waals surface area contributed by atoms with E-state index < -0.39 is 6.16 Å². The molecule has 0 fully saturated rings. The molecule has 1 aliphatic carbocycles. The number of amides is 1. The molecular weight excluding hydrogens is 448 g/mol. The van der Waals surface area contributed by atoms with Gasteiger partial charge in [0.25, 0.3) is 0 Å². The van der Waals surface area contributed by atoms with Gasteiger partial charge in [0.2, 0.25) is 5.91 Å². The Labute approximate surface area is 195 Å². The fraction of sp³-hybridized carbons (Fsp3) is 0.455. The van der Waals surface area contributed by atoms with Gasteiger partial charge < -0.3 is 20.5 Å². The maximum absolute atomic E-state index is 12.6. The van der Waals surface area contributed by atoms with Crippen LogP contribution in [0.3, 0.4) is 0 Å². The van der Waals surface area contributed by atoms with Crippen molar-refractivity contribution in [3.05, 3.63) is 40.5 Å². The smallest absolute Gasteiger partial charge is 0.433 e. The third-order valence-electron chi connectivity index (χ3n) is 5.55. The molecule has 2 aromatic rings. The Hall–Kier alpha value is -2.59. The zero-order chi connectivity index (χ0) is 22.5. The Kier molecular flexibility index (Phi) is 7.31. The van der Waals surface area contributed by atoms with Gasteiger partial charge in [-0.1, -0.05) is 13.0 Å². The van der Waals surface area contributed by atoms with E-state index in [1.54, 1.807) is 29.7 Å². The summed E-state index contributed by atoms with van der Waals surface area (Å²) in [6, 6.07) is 3.83. The van der Waals surface area contributed by atoms with Crippen molar-refractivity contribution in [2.45, 2.75) is 49.9 Å². The van der Waals surface area contributed by atoms with E-state index in [1.165, 1.54) is 11.3 Å². The van der Waals surface area contributed by atoms with Crippen LogP contribution in [0.5, 0.6) is 0 Å². The Bertz CT molecular complexity index is 987. The molecule has 3 N–H and O–H groups in total. The average Bonchev–Trinajstić information content (AvgIpc) is 3.41. The number of hydrogen-bond donors (Lipinski definition) is 2. The molecule has 170 valence electrons. The number of fused-ring (bicyclic) bond motifs is 1. The van der Waals surface area contributed by atoms with Crippen molar-refractivity contribution >= 4 is 51.4 Å². The second-order valence-electron chi connectivity index (χ2n) is 7.96. The molecule has 10 heteroatoms. The topological polar surface area (TPSA) is 116 Å². The summed E-state index contributed by atoms with van der Waals surface area (Å²) in [6.45, 7) is 2.95. The van der Waals surface area contributed by atoms with Crippen LogP contribution >= 0.6 is 23.1 Å². The molecular formula is C22H26N4O4S2. The first-order valence-corrected chi connectivity index (χ1v) is 12.3. The van der Waals surface area contributed by atoms with Crippen LogP contribution in [0.2, 0.25) is 0 Å². The van der Waals surface area contributed by atoms with Crippen LogP contribution in [-0.4, -0.2) is 47.1 Å². The SMILES string of the molecule is CC(CC(=O)Nc1sc2c(c1N)CCC(OC(=O)OCC1CN=CS1)C2)c1cccnc1. The number of ether oxygens (including phenoxy) is 2. The van der Waals surface area contributed by atoms with Crippen molar-refractivity contribution < 1.29 is 19.1 Å². The minimum atomic E-state index is -0.645. The molecule has 0 aromatic carbocycles. The highest BCUT2D eigenvalue weighted by atomic mass is 32.2. The first kappa shape index (κ1) is 22.6. The fourth-order valence-electron chi connectivity index (χ4n) is 3.77. The summed E-state index contributed by atoms with van der Waals surface area (Å²) in [5, 5.41) is 3.80. The molecule has 3 heterocycles. The molecule has 8 nitrogen and oxygen atoms in total. The zero-order valence-electron chi connectivity index (χ0n) is 17.8. The standard InChI is InChI=1S/C22H26N4O4S2/c1-13(14-3-2-6-24-9-14)7-19(27)26-21-20(23)17-5-4-15(8-18(17)32-21)30-22(28)29-11-16-10-25-12-31-16/h2-3,6,9,12-13,15-16H,4-5,7-8,10-11,23H2,1H3,(H,26,27). The highest BCUT2D eigenvalue weighted by Gasteiger charge is 2.28. The van der Waals surface area contributed by atoms with Crippen molar-refractivity contribution in [2.75, 3.05) is 24.2 Å². The van der Waals surface area contributed by atoms with E-state index in [9.17, 15) is 9.59 Å². The summed E-state index contributed by atoms with van der Waals surface area (Å²) >= 11 is 3.01. The van der Waals surface area contributed by atoms with Crippen LogP contribution in [0.15, 0.2) is 29.5 Å². The number of pyridine rings is 1. The van der Waals surface area contributed by atoms with Gasteiger partial charge in [0.15, 0.2) is 0 Å². The predicted octanol–water partition coefficient (Wildman–Crippen LogP) is 4.01. The van der Waals surface area contributed by atoms with Gasteiger partial charge in [0.05, 0.1) is 23.0 Å². The van der Waals surface area contributed by atoms with Gasteiger partial charge in [0, 0.05) is 30.1 Å². The lowest BCUT2D eigenvalue weighted by molar-refractivity contribution is -0.116. The summed E-state index contributed by atoms with van der Waals surface area (Å²) in [5.74, 6) is -0.0331. The molecule has 4 rings (SSSR count). The maximum Gasteiger partial charge on any atom is 0.508 e. The molecule has 3 atom stereocenters. The number of carbonyl (C=O) groups is 2. The number of nitrogens with two attached hydrogens (primary N) is 1. The molecule has 0 radical (unpaired) electrons. The first-order valence-electron chi connectivity index (χ1n) is 10.6. The maximum atomic E-state index is 12.6. The number of nitrogens with one attached hydrogen (secondary N) is 1. The van der Waals surface area contributed by atoms with Gasteiger partial charge >= 0.3 is 6.16 Å². The molecule has 2 aliphatic rings. The molecule has 3 unspecified atom stereocenters. The van der Waals surface area contributed by atoms with Crippen molar-refractivity contribution in [3.8, 4) is 0 Å². The Morgan fingerprint density at radius 2 is 2.28 bits per heavy atom. The molecule has 32 heavy (non-hydrogen) atoms. The highest BCUT2D eigenvalue weighted by molar-refractivity contribution is 8.12. The van der Waals surface area contributed by atoms with Crippen LogP contribution in [0.4, 0.5) is 15.5 Å². The number of aliphatic imine (C=N–C) groups is 1. The fourth-order valence-corrected chi connectivity index (χ4v) is 5.68. The lowest BCUT2D eigenvalue weighted by atomic mass is 9.95. The number of thioether (sulfide) groups is 1. The molecule has 0 bridgehead atoms. The Balaban J connectivity index is 1.29. The monoisotopic (exact) mass is 474 g/mol. The third-order valence-corrected chi connectivity index (χ3v) is 7.67. The van der Waals surface area contributed by atoms with E-state index in [1.807, 2.05) is 19.1 Å². The summed E-state index contributed by atoms with van der Waals surface area (Å²) in [6.07, 6.45) is 4.88.